The first-order valence-corrected chi connectivity index (χ1v) is 11.1. The van der Waals surface area contributed by atoms with E-state index in [0.29, 0.717) is 24.3 Å². The molecule has 0 aliphatic carbocycles. The minimum atomic E-state index is -1.86. The zero-order chi connectivity index (χ0) is 24.0. The molecule has 1 spiro atoms. The molecule has 0 radical (unpaired) electrons. The van der Waals surface area contributed by atoms with E-state index < -0.39 is 34.7 Å². The van der Waals surface area contributed by atoms with Gasteiger partial charge in [0, 0.05) is 30.8 Å². The number of anilines is 1. The third kappa shape index (κ3) is 3.02. The Morgan fingerprint density at radius 2 is 1.91 bits per heavy atom. The second-order valence-electron chi connectivity index (χ2n) is 8.54. The van der Waals surface area contributed by atoms with E-state index in [1.165, 1.54) is 21.9 Å². The van der Waals surface area contributed by atoms with Crippen LogP contribution in [-0.2, 0) is 24.7 Å². The maximum Gasteiger partial charge on any atom is 0.296 e. The number of Topliss-reactive ketones (excluding diaryl/α,β-unsaturated/α-hetero) is 1. The van der Waals surface area contributed by atoms with Gasteiger partial charge in [-0.25, -0.2) is 4.39 Å². The summed E-state index contributed by atoms with van der Waals surface area (Å²) in [5.41, 5.74) is -1.12. The van der Waals surface area contributed by atoms with Crippen molar-refractivity contribution in [2.75, 3.05) is 24.6 Å². The number of halogens is 1. The van der Waals surface area contributed by atoms with Gasteiger partial charge >= 0.3 is 0 Å². The summed E-state index contributed by atoms with van der Waals surface area (Å²) >= 11 is 0. The summed E-state index contributed by atoms with van der Waals surface area (Å²) in [6, 6.07) is 11.8. The summed E-state index contributed by atoms with van der Waals surface area (Å²) in [5, 5.41) is 11.3. The van der Waals surface area contributed by atoms with Gasteiger partial charge in [-0.05, 0) is 43.2 Å². The van der Waals surface area contributed by atoms with E-state index in [4.69, 9.17) is 4.74 Å². The highest BCUT2D eigenvalue weighted by Gasteiger charge is 2.67. The Morgan fingerprint density at radius 1 is 1.18 bits per heavy atom. The van der Waals surface area contributed by atoms with Crippen LogP contribution in [0.4, 0.5) is 10.1 Å². The molecule has 0 aromatic heterocycles. The fourth-order valence-electron chi connectivity index (χ4n) is 5.17. The molecule has 3 heterocycles. The molecule has 3 aliphatic heterocycles. The van der Waals surface area contributed by atoms with Crippen LogP contribution in [0.25, 0.3) is 5.76 Å². The number of aliphatic hydroxyl groups is 1. The molecule has 8 heteroatoms. The van der Waals surface area contributed by atoms with E-state index in [1.807, 2.05) is 0 Å². The highest BCUT2D eigenvalue weighted by molar-refractivity contribution is 6.50. The number of nitrogens with zero attached hydrogens (tertiary/aromatic N) is 2. The summed E-state index contributed by atoms with van der Waals surface area (Å²) in [6.07, 6.45) is 2.71. The predicted octanol–water partition coefficient (Wildman–Crippen LogP) is 3.11. The maximum absolute atomic E-state index is 14.1. The Kier molecular flexibility index (Phi) is 5.32. The number of amides is 2. The van der Waals surface area contributed by atoms with Crippen molar-refractivity contribution < 1.29 is 28.6 Å². The Balaban J connectivity index is 1.79. The van der Waals surface area contributed by atoms with Gasteiger partial charge in [0.25, 0.3) is 17.6 Å². The first-order valence-electron chi connectivity index (χ1n) is 11.1. The standard InChI is InChI=1S/C26H23FN2O5/c1-2-13-28-20-8-4-3-7-19(20)26(25(28)33)21(22(30)16-9-11-17(27)12-10-16)23(31)24(32)29(26)15-18-6-5-14-34-18/h2-4,7-12,18,30H,1,5-6,13-15H2/b22-21+. The van der Waals surface area contributed by atoms with Gasteiger partial charge in [0.1, 0.15) is 11.6 Å². The summed E-state index contributed by atoms with van der Waals surface area (Å²) in [5.74, 6) is -3.44. The fraction of sp³-hybridized carbons (Fsp3) is 0.269. The van der Waals surface area contributed by atoms with Gasteiger partial charge in [-0.1, -0.05) is 24.3 Å². The van der Waals surface area contributed by atoms with E-state index in [9.17, 15) is 23.9 Å². The molecule has 2 fully saturated rings. The summed E-state index contributed by atoms with van der Waals surface area (Å²) in [6.45, 7) is 4.43. The molecule has 2 atom stereocenters. The number of ether oxygens (including phenoxy) is 1. The highest BCUT2D eigenvalue weighted by atomic mass is 19.1. The van der Waals surface area contributed by atoms with Crippen molar-refractivity contribution in [1.82, 2.24) is 4.90 Å². The van der Waals surface area contributed by atoms with Crippen LogP contribution >= 0.6 is 0 Å². The van der Waals surface area contributed by atoms with Crippen molar-refractivity contribution in [1.29, 1.82) is 0 Å². The lowest BCUT2D eigenvalue weighted by molar-refractivity contribution is -0.145. The number of ketones is 1. The van der Waals surface area contributed by atoms with Crippen molar-refractivity contribution in [2.45, 2.75) is 24.5 Å². The molecule has 34 heavy (non-hydrogen) atoms. The normalized spacial score (nSPS) is 25.4. The number of hydrogen-bond acceptors (Lipinski definition) is 5. The van der Waals surface area contributed by atoms with Gasteiger partial charge in [0.2, 0.25) is 0 Å². The Labute approximate surface area is 195 Å². The van der Waals surface area contributed by atoms with Crippen LogP contribution in [0.3, 0.4) is 0 Å². The summed E-state index contributed by atoms with van der Waals surface area (Å²) in [4.78, 5) is 43.7. The van der Waals surface area contributed by atoms with Crippen molar-refractivity contribution in [3.8, 4) is 0 Å². The molecule has 0 bridgehead atoms. The predicted molar refractivity (Wildman–Crippen MR) is 122 cm³/mol. The van der Waals surface area contributed by atoms with Gasteiger partial charge in [-0.2, -0.15) is 0 Å². The number of carbonyl (C=O) groups excluding carboxylic acids is 3. The molecule has 174 valence electrons. The second-order valence-corrected chi connectivity index (χ2v) is 8.54. The number of fused-ring (bicyclic) bond motifs is 2. The largest absolute Gasteiger partial charge is 0.507 e. The minimum Gasteiger partial charge on any atom is -0.507 e. The number of likely N-dealkylation sites (tertiary alicyclic amines) is 1. The molecule has 0 saturated carbocycles. The molecule has 2 unspecified atom stereocenters. The minimum absolute atomic E-state index is 0.0206. The average molecular weight is 462 g/mol. The number of benzene rings is 2. The van der Waals surface area contributed by atoms with Crippen LogP contribution in [0.1, 0.15) is 24.0 Å². The zero-order valence-electron chi connectivity index (χ0n) is 18.4. The molecular weight excluding hydrogens is 439 g/mol. The van der Waals surface area contributed by atoms with E-state index >= 15 is 0 Å². The topological polar surface area (TPSA) is 87.2 Å². The van der Waals surface area contributed by atoms with E-state index in [0.717, 1.165) is 18.6 Å². The molecule has 7 nitrogen and oxygen atoms in total. The molecule has 2 saturated heterocycles. The van der Waals surface area contributed by atoms with Crippen molar-refractivity contribution in [3.05, 3.63) is 83.7 Å². The van der Waals surface area contributed by atoms with Crippen molar-refractivity contribution in [3.63, 3.8) is 0 Å². The zero-order valence-corrected chi connectivity index (χ0v) is 18.4. The van der Waals surface area contributed by atoms with Gasteiger partial charge in [-0.3, -0.25) is 14.4 Å². The SMILES string of the molecule is C=CCN1C(=O)C2(/C(=C(/O)c3ccc(F)cc3)C(=O)C(=O)N2CC2CCCO2)c2ccccc21. The smallest absolute Gasteiger partial charge is 0.296 e. The van der Waals surface area contributed by atoms with Crippen molar-refractivity contribution >= 4 is 29.0 Å². The fourth-order valence-corrected chi connectivity index (χ4v) is 5.17. The van der Waals surface area contributed by atoms with Crippen LogP contribution in [0, 0.1) is 5.82 Å². The monoisotopic (exact) mass is 462 g/mol. The van der Waals surface area contributed by atoms with Crippen LogP contribution in [0.15, 0.2) is 66.8 Å². The lowest BCUT2D eigenvalue weighted by atomic mass is 9.81. The lowest BCUT2D eigenvalue weighted by Gasteiger charge is -2.35. The number of rotatable bonds is 5. The maximum atomic E-state index is 14.1. The summed E-state index contributed by atoms with van der Waals surface area (Å²) in [7, 11) is 0. The lowest BCUT2D eigenvalue weighted by Crippen LogP contribution is -2.53. The van der Waals surface area contributed by atoms with Crippen LogP contribution in [0.2, 0.25) is 0 Å². The average Bonchev–Trinajstić information content (AvgIpc) is 3.49. The molecule has 2 amide bonds. The van der Waals surface area contributed by atoms with Crippen LogP contribution in [-0.4, -0.2) is 53.4 Å². The summed E-state index contributed by atoms with van der Waals surface area (Å²) < 4.78 is 19.3. The molecule has 5 rings (SSSR count). The highest BCUT2D eigenvalue weighted by Crippen LogP contribution is 2.53. The quantitative estimate of drug-likeness (QED) is 0.319. The van der Waals surface area contributed by atoms with Crippen molar-refractivity contribution in [2.24, 2.45) is 0 Å². The molecule has 3 aliphatic rings. The molecule has 2 aromatic rings. The third-order valence-electron chi connectivity index (χ3n) is 6.65. The van der Waals surface area contributed by atoms with Gasteiger partial charge in [0.05, 0.1) is 17.4 Å². The van der Waals surface area contributed by atoms with Gasteiger partial charge < -0.3 is 19.6 Å². The number of para-hydroxylation sites is 1. The van der Waals surface area contributed by atoms with Crippen LogP contribution < -0.4 is 4.90 Å². The Morgan fingerprint density at radius 3 is 2.59 bits per heavy atom. The molecule has 1 N–H and O–H groups in total. The van der Waals surface area contributed by atoms with Gasteiger partial charge in [-0.15, -0.1) is 6.58 Å². The van der Waals surface area contributed by atoms with Crippen LogP contribution in [0.5, 0.6) is 0 Å². The van der Waals surface area contributed by atoms with Gasteiger partial charge in [0.15, 0.2) is 5.54 Å². The number of carbonyl (C=O) groups is 3. The third-order valence-corrected chi connectivity index (χ3v) is 6.65. The molecular formula is C26H23FN2O5. The molecule has 2 aromatic carbocycles. The Bertz CT molecular complexity index is 1230. The number of hydrogen-bond donors (Lipinski definition) is 1. The first-order chi connectivity index (χ1) is 16.4. The van der Waals surface area contributed by atoms with E-state index in [1.54, 1.807) is 30.3 Å². The van der Waals surface area contributed by atoms with E-state index in [2.05, 4.69) is 6.58 Å². The van der Waals surface area contributed by atoms with E-state index in [-0.39, 0.29) is 30.3 Å². The second kappa shape index (κ2) is 8.22. The number of aliphatic hydroxyl groups excluding tert-OH is 1. The first kappa shape index (κ1) is 22.0. The Hall–Kier alpha value is -3.78.